The second-order valence-electron chi connectivity index (χ2n) is 3.85. The van der Waals surface area contributed by atoms with Crippen molar-refractivity contribution >= 4 is 15.9 Å². The number of para-hydroxylation sites is 1. The number of alkyl halides is 1. The predicted molar refractivity (Wildman–Crippen MR) is 72.2 cm³/mol. The molecule has 17 heavy (non-hydrogen) atoms. The summed E-state index contributed by atoms with van der Waals surface area (Å²) >= 11 is 3.44. The maximum Gasteiger partial charge on any atom is 0.165 e. The van der Waals surface area contributed by atoms with E-state index in [2.05, 4.69) is 15.9 Å². The van der Waals surface area contributed by atoms with Crippen LogP contribution >= 0.6 is 15.9 Å². The highest BCUT2D eigenvalue weighted by Crippen LogP contribution is 2.32. The van der Waals surface area contributed by atoms with Gasteiger partial charge in [0, 0.05) is 10.9 Å². The Bertz CT molecular complexity index is 317. The van der Waals surface area contributed by atoms with Crippen molar-refractivity contribution in [1.82, 2.24) is 0 Å². The van der Waals surface area contributed by atoms with E-state index in [0.29, 0.717) is 13.2 Å². The molecule has 0 unspecified atom stereocenters. The second kappa shape index (κ2) is 7.56. The summed E-state index contributed by atoms with van der Waals surface area (Å²) in [7, 11) is 1.64. The molecule has 0 fully saturated rings. The van der Waals surface area contributed by atoms with Crippen molar-refractivity contribution in [2.75, 3.05) is 20.3 Å². The van der Waals surface area contributed by atoms with Crippen molar-refractivity contribution in [3.8, 4) is 11.5 Å². The number of rotatable bonds is 7. The lowest BCUT2D eigenvalue weighted by Gasteiger charge is -2.14. The lowest BCUT2D eigenvalue weighted by molar-refractivity contribution is 0.0545. The van der Waals surface area contributed by atoms with Gasteiger partial charge >= 0.3 is 0 Å². The van der Waals surface area contributed by atoms with Gasteiger partial charge in [0.1, 0.15) is 6.61 Å². The van der Waals surface area contributed by atoms with Crippen molar-refractivity contribution in [2.45, 2.75) is 25.3 Å². The lowest BCUT2D eigenvalue weighted by Crippen LogP contribution is -2.12. The topological polar surface area (TPSA) is 27.7 Å². The fourth-order valence-corrected chi connectivity index (χ4v) is 1.86. The van der Waals surface area contributed by atoms with Crippen molar-refractivity contribution in [3.63, 3.8) is 0 Å². The molecule has 0 spiro atoms. The van der Waals surface area contributed by atoms with Gasteiger partial charge < -0.3 is 14.2 Å². The Hall–Kier alpha value is -0.740. The van der Waals surface area contributed by atoms with Gasteiger partial charge in [-0.1, -0.05) is 28.1 Å². The number of hydrogen-bond acceptors (Lipinski definition) is 3. The second-order valence-corrected chi connectivity index (χ2v) is 4.41. The first-order valence-electron chi connectivity index (χ1n) is 5.65. The molecule has 0 aliphatic carbocycles. The smallest absolute Gasteiger partial charge is 0.165 e. The number of halogens is 1. The Morgan fingerprint density at radius 3 is 2.59 bits per heavy atom. The van der Waals surface area contributed by atoms with E-state index in [0.717, 1.165) is 22.4 Å². The SMILES string of the molecule is COc1cccc(CBr)c1OCCOC(C)C. The van der Waals surface area contributed by atoms with Crippen LogP contribution in [-0.4, -0.2) is 26.4 Å². The molecule has 1 rings (SSSR count). The maximum atomic E-state index is 5.72. The van der Waals surface area contributed by atoms with Gasteiger partial charge in [0.05, 0.1) is 19.8 Å². The summed E-state index contributed by atoms with van der Waals surface area (Å²) in [4.78, 5) is 0. The molecule has 96 valence electrons. The summed E-state index contributed by atoms with van der Waals surface area (Å²) in [5.41, 5.74) is 1.08. The zero-order chi connectivity index (χ0) is 12.7. The zero-order valence-corrected chi connectivity index (χ0v) is 12.1. The van der Waals surface area contributed by atoms with E-state index >= 15 is 0 Å². The van der Waals surface area contributed by atoms with Gasteiger partial charge in [-0.15, -0.1) is 0 Å². The fraction of sp³-hybridized carbons (Fsp3) is 0.538. The molecule has 0 saturated carbocycles. The van der Waals surface area contributed by atoms with Crippen LogP contribution < -0.4 is 9.47 Å². The fourth-order valence-electron chi connectivity index (χ4n) is 1.42. The summed E-state index contributed by atoms with van der Waals surface area (Å²) in [6, 6.07) is 5.85. The molecule has 0 atom stereocenters. The predicted octanol–water partition coefficient (Wildman–Crippen LogP) is 3.39. The first kappa shape index (κ1) is 14.3. The van der Waals surface area contributed by atoms with Crippen molar-refractivity contribution < 1.29 is 14.2 Å². The van der Waals surface area contributed by atoms with Crippen molar-refractivity contribution in [3.05, 3.63) is 23.8 Å². The summed E-state index contributed by atoms with van der Waals surface area (Å²) in [6.07, 6.45) is 0.229. The standard InChI is InChI=1S/C13H19BrO3/c1-10(2)16-7-8-17-13-11(9-14)5-4-6-12(13)15-3/h4-6,10H,7-9H2,1-3H3. The molecule has 0 bridgehead atoms. The first-order chi connectivity index (χ1) is 8.19. The third-order valence-corrected chi connectivity index (χ3v) is 2.81. The highest BCUT2D eigenvalue weighted by molar-refractivity contribution is 9.08. The highest BCUT2D eigenvalue weighted by Gasteiger charge is 2.09. The minimum atomic E-state index is 0.229. The number of hydrogen-bond donors (Lipinski definition) is 0. The van der Waals surface area contributed by atoms with E-state index in [1.807, 2.05) is 32.0 Å². The molecule has 1 aromatic rings. The average Bonchev–Trinajstić information content (AvgIpc) is 2.34. The van der Waals surface area contributed by atoms with E-state index in [1.165, 1.54) is 0 Å². The average molecular weight is 303 g/mol. The van der Waals surface area contributed by atoms with Crippen LogP contribution in [0.15, 0.2) is 18.2 Å². The number of methoxy groups -OCH3 is 1. The molecule has 1 aromatic carbocycles. The van der Waals surface area contributed by atoms with Gasteiger partial charge in [0.15, 0.2) is 11.5 Å². The Morgan fingerprint density at radius 2 is 2.00 bits per heavy atom. The molecular weight excluding hydrogens is 284 g/mol. The molecule has 0 amide bonds. The molecular formula is C13H19BrO3. The third-order valence-electron chi connectivity index (χ3n) is 2.21. The van der Waals surface area contributed by atoms with Gasteiger partial charge in [-0.2, -0.15) is 0 Å². The Balaban J connectivity index is 2.61. The third kappa shape index (κ3) is 4.56. The van der Waals surface area contributed by atoms with E-state index in [4.69, 9.17) is 14.2 Å². The van der Waals surface area contributed by atoms with Crippen LogP contribution in [0.25, 0.3) is 0 Å². The van der Waals surface area contributed by atoms with E-state index in [-0.39, 0.29) is 6.10 Å². The van der Waals surface area contributed by atoms with Crippen LogP contribution in [0.4, 0.5) is 0 Å². The largest absolute Gasteiger partial charge is 0.493 e. The molecule has 3 nitrogen and oxygen atoms in total. The number of ether oxygens (including phenoxy) is 3. The maximum absolute atomic E-state index is 5.72. The highest BCUT2D eigenvalue weighted by atomic mass is 79.9. The monoisotopic (exact) mass is 302 g/mol. The molecule has 0 N–H and O–H groups in total. The van der Waals surface area contributed by atoms with E-state index < -0.39 is 0 Å². The van der Waals surface area contributed by atoms with Crippen LogP contribution in [-0.2, 0) is 10.1 Å². The van der Waals surface area contributed by atoms with Crippen molar-refractivity contribution in [1.29, 1.82) is 0 Å². The normalized spacial score (nSPS) is 10.6. The van der Waals surface area contributed by atoms with Gasteiger partial charge in [0.2, 0.25) is 0 Å². The quantitative estimate of drug-likeness (QED) is 0.571. The van der Waals surface area contributed by atoms with Crippen LogP contribution in [0.3, 0.4) is 0 Å². The summed E-state index contributed by atoms with van der Waals surface area (Å²) < 4.78 is 16.4. The number of benzene rings is 1. The summed E-state index contributed by atoms with van der Waals surface area (Å²) in [6.45, 7) is 5.12. The van der Waals surface area contributed by atoms with Gasteiger partial charge in [-0.3, -0.25) is 0 Å². The molecule has 4 heteroatoms. The van der Waals surface area contributed by atoms with E-state index in [1.54, 1.807) is 7.11 Å². The zero-order valence-electron chi connectivity index (χ0n) is 10.5. The molecule has 0 aliphatic heterocycles. The Kier molecular flexibility index (Phi) is 6.37. The van der Waals surface area contributed by atoms with Crippen LogP contribution in [0.1, 0.15) is 19.4 Å². The molecule has 0 saturated heterocycles. The minimum absolute atomic E-state index is 0.229. The molecule has 0 aliphatic rings. The van der Waals surface area contributed by atoms with Gasteiger partial charge in [0.25, 0.3) is 0 Å². The summed E-state index contributed by atoms with van der Waals surface area (Å²) in [5, 5.41) is 0.741. The molecule has 0 heterocycles. The van der Waals surface area contributed by atoms with Crippen LogP contribution in [0.2, 0.25) is 0 Å². The Labute approximate surface area is 111 Å². The lowest BCUT2D eigenvalue weighted by atomic mass is 10.2. The van der Waals surface area contributed by atoms with Crippen LogP contribution in [0, 0.1) is 0 Å². The molecule has 0 radical (unpaired) electrons. The first-order valence-corrected chi connectivity index (χ1v) is 6.77. The summed E-state index contributed by atoms with van der Waals surface area (Å²) in [5.74, 6) is 1.55. The molecule has 0 aromatic heterocycles. The minimum Gasteiger partial charge on any atom is -0.493 e. The Morgan fingerprint density at radius 1 is 1.24 bits per heavy atom. The van der Waals surface area contributed by atoms with E-state index in [9.17, 15) is 0 Å². The van der Waals surface area contributed by atoms with Crippen LogP contribution in [0.5, 0.6) is 11.5 Å². The van der Waals surface area contributed by atoms with Crippen molar-refractivity contribution in [2.24, 2.45) is 0 Å². The van der Waals surface area contributed by atoms with Gasteiger partial charge in [-0.05, 0) is 19.9 Å². The van der Waals surface area contributed by atoms with Gasteiger partial charge in [-0.25, -0.2) is 0 Å².